The number of fused-ring (bicyclic) bond motifs is 3. The van der Waals surface area contributed by atoms with Gasteiger partial charge in [0, 0.05) is 28.7 Å². The minimum Gasteiger partial charge on any atom is -0.481 e. The molecule has 6 nitrogen and oxygen atoms in total. The molecule has 0 aromatic carbocycles. The lowest BCUT2D eigenvalue weighted by Crippen LogP contribution is -2.46. The molecule has 0 unspecified atom stereocenters. The van der Waals surface area contributed by atoms with Crippen molar-refractivity contribution in [3.63, 3.8) is 0 Å². The maximum atomic E-state index is 12.5. The van der Waals surface area contributed by atoms with E-state index < -0.39 is 5.41 Å². The van der Waals surface area contributed by atoms with Gasteiger partial charge in [-0.2, -0.15) is 10.2 Å². The maximum Gasteiger partial charge on any atom is 0.220 e. The number of carbonyl (C=O) groups excluding carboxylic acids is 1. The van der Waals surface area contributed by atoms with Crippen LogP contribution < -0.4 is 4.74 Å². The van der Waals surface area contributed by atoms with Crippen molar-refractivity contribution in [2.24, 2.45) is 16.8 Å². The van der Waals surface area contributed by atoms with Crippen LogP contribution in [0, 0.1) is 23.2 Å². The number of nitrogens with zero attached hydrogens (tertiary/aromatic N) is 4. The Morgan fingerprint density at radius 2 is 2.25 bits per heavy atom. The second-order valence-corrected chi connectivity index (χ2v) is 7.38. The molecule has 0 fully saturated rings. The van der Waals surface area contributed by atoms with Crippen LogP contribution in [-0.4, -0.2) is 29.6 Å². The second-order valence-electron chi connectivity index (χ2n) is 7.38. The van der Waals surface area contributed by atoms with Gasteiger partial charge in [0.1, 0.15) is 6.07 Å². The van der Waals surface area contributed by atoms with Gasteiger partial charge >= 0.3 is 0 Å². The van der Waals surface area contributed by atoms with Gasteiger partial charge in [0.25, 0.3) is 0 Å². The van der Waals surface area contributed by atoms with Gasteiger partial charge in [-0.15, -0.1) is 0 Å². The largest absolute Gasteiger partial charge is 0.481 e. The molecule has 1 aromatic rings. The zero-order valence-electron chi connectivity index (χ0n) is 16.7. The number of rotatable bonds is 4. The Bertz CT molecular complexity index is 967. The molecule has 3 rings (SSSR count). The smallest absolute Gasteiger partial charge is 0.220 e. The number of aromatic nitrogens is 2. The summed E-state index contributed by atoms with van der Waals surface area (Å²) in [6.45, 7) is 9.33. The SMILES string of the molecule is C=N/C=C\C(=C/C)c1nc(OC)c2c(n1)[C@]1(C)C=C(C#N)C(=O)[C@H](C)[C@H]1CC2. The van der Waals surface area contributed by atoms with Crippen LogP contribution in [0.25, 0.3) is 5.57 Å². The number of hydrogen-bond donors (Lipinski definition) is 0. The quantitative estimate of drug-likeness (QED) is 0.592. The Kier molecular flexibility index (Phi) is 5.28. The molecule has 28 heavy (non-hydrogen) atoms. The number of nitriles is 1. The maximum absolute atomic E-state index is 12.5. The Labute approximate surface area is 165 Å². The van der Waals surface area contributed by atoms with Gasteiger partial charge in [-0.1, -0.05) is 26.0 Å². The summed E-state index contributed by atoms with van der Waals surface area (Å²) in [6.07, 6.45) is 8.63. The first-order valence-electron chi connectivity index (χ1n) is 9.32. The zero-order chi connectivity index (χ0) is 20.5. The van der Waals surface area contributed by atoms with Gasteiger partial charge < -0.3 is 4.74 Å². The summed E-state index contributed by atoms with van der Waals surface area (Å²) in [5.41, 5.74) is 2.25. The first-order chi connectivity index (χ1) is 13.4. The van der Waals surface area contributed by atoms with E-state index in [1.54, 1.807) is 25.5 Å². The lowest BCUT2D eigenvalue weighted by atomic mass is 9.58. The summed E-state index contributed by atoms with van der Waals surface area (Å²) in [5, 5.41) is 9.48. The number of ketones is 1. The summed E-state index contributed by atoms with van der Waals surface area (Å²) >= 11 is 0. The number of Topliss-reactive ketones (excluding diaryl/α,β-unsaturated/α-hetero) is 1. The number of ether oxygens (including phenoxy) is 1. The van der Waals surface area contributed by atoms with Crippen molar-refractivity contribution in [1.29, 1.82) is 5.26 Å². The van der Waals surface area contributed by atoms with E-state index in [0.29, 0.717) is 11.7 Å². The van der Waals surface area contributed by atoms with Crippen LogP contribution in [0.1, 0.15) is 44.3 Å². The van der Waals surface area contributed by atoms with Crippen molar-refractivity contribution in [2.45, 2.75) is 39.0 Å². The first-order valence-corrected chi connectivity index (χ1v) is 9.32. The van der Waals surface area contributed by atoms with Gasteiger partial charge in [-0.05, 0) is 38.5 Å². The molecule has 2 aliphatic rings. The van der Waals surface area contributed by atoms with Gasteiger partial charge in [-0.25, -0.2) is 4.98 Å². The van der Waals surface area contributed by atoms with Crippen LogP contribution in [0.3, 0.4) is 0 Å². The molecule has 0 amide bonds. The number of hydrogen-bond acceptors (Lipinski definition) is 6. The highest BCUT2D eigenvalue weighted by Crippen LogP contribution is 2.50. The van der Waals surface area contributed by atoms with E-state index in [4.69, 9.17) is 9.72 Å². The van der Waals surface area contributed by atoms with Crippen molar-refractivity contribution in [2.75, 3.05) is 7.11 Å². The summed E-state index contributed by atoms with van der Waals surface area (Å²) in [7, 11) is 1.60. The molecule has 144 valence electrons. The molecular formula is C22H24N4O2. The van der Waals surface area contributed by atoms with E-state index in [1.165, 1.54) is 0 Å². The van der Waals surface area contributed by atoms with E-state index in [2.05, 4.69) is 29.7 Å². The molecule has 3 atom stereocenters. The number of carbonyl (C=O) groups is 1. The van der Waals surface area contributed by atoms with E-state index in [-0.39, 0.29) is 23.2 Å². The van der Waals surface area contributed by atoms with Crippen LogP contribution in [0.4, 0.5) is 0 Å². The second kappa shape index (κ2) is 7.51. The number of methoxy groups -OCH3 is 1. The summed E-state index contributed by atoms with van der Waals surface area (Å²) in [5.74, 6) is 0.834. The van der Waals surface area contributed by atoms with Gasteiger partial charge in [-0.3, -0.25) is 9.79 Å². The van der Waals surface area contributed by atoms with Crippen LogP contribution in [0.5, 0.6) is 5.88 Å². The van der Waals surface area contributed by atoms with Gasteiger partial charge in [0.15, 0.2) is 11.6 Å². The fourth-order valence-corrected chi connectivity index (χ4v) is 4.47. The predicted molar refractivity (Wildman–Crippen MR) is 108 cm³/mol. The average molecular weight is 376 g/mol. The summed E-state index contributed by atoms with van der Waals surface area (Å²) in [6, 6.07) is 2.07. The molecule has 0 radical (unpaired) electrons. The van der Waals surface area contributed by atoms with Crippen molar-refractivity contribution in [3.05, 3.63) is 47.1 Å². The Hall–Kier alpha value is -3.07. The highest BCUT2D eigenvalue weighted by atomic mass is 16.5. The molecule has 0 aliphatic heterocycles. The average Bonchev–Trinajstić information content (AvgIpc) is 2.71. The van der Waals surface area contributed by atoms with E-state index in [1.807, 2.05) is 19.9 Å². The fourth-order valence-electron chi connectivity index (χ4n) is 4.47. The van der Waals surface area contributed by atoms with Crippen LogP contribution in [-0.2, 0) is 16.6 Å². The third-order valence-electron chi connectivity index (χ3n) is 5.92. The van der Waals surface area contributed by atoms with E-state index >= 15 is 0 Å². The molecule has 6 heteroatoms. The molecule has 0 spiro atoms. The standard InChI is InChI=1S/C22H24N4O2/c1-6-14(9-10-24-4)20-25-19-16(21(26-20)28-5)7-8-17-13(2)18(27)15(12-23)11-22(17,19)3/h6,9-11,13,17H,4,7-8H2,1-3,5H3/b10-9-,14-6+/t13-,17-,22-/m1/s1. The Balaban J connectivity index is 2.27. The molecule has 2 aliphatic carbocycles. The number of aliphatic imine (C=N–C) groups is 1. The van der Waals surface area contributed by atoms with Crippen molar-refractivity contribution < 1.29 is 9.53 Å². The van der Waals surface area contributed by atoms with E-state index in [9.17, 15) is 10.1 Å². The van der Waals surface area contributed by atoms with Crippen LogP contribution >= 0.6 is 0 Å². The lowest BCUT2D eigenvalue weighted by molar-refractivity contribution is -0.121. The van der Waals surface area contributed by atoms with Gasteiger partial charge in [0.2, 0.25) is 5.88 Å². The molecule has 1 heterocycles. The predicted octanol–water partition coefficient (Wildman–Crippen LogP) is 3.59. The highest BCUT2D eigenvalue weighted by Gasteiger charge is 2.49. The van der Waals surface area contributed by atoms with Crippen LogP contribution in [0.2, 0.25) is 0 Å². The van der Waals surface area contributed by atoms with Crippen molar-refractivity contribution in [3.8, 4) is 11.9 Å². The van der Waals surface area contributed by atoms with Crippen molar-refractivity contribution in [1.82, 2.24) is 9.97 Å². The normalized spacial score (nSPS) is 26.9. The third-order valence-corrected chi connectivity index (χ3v) is 5.92. The third kappa shape index (κ3) is 2.97. The molecule has 0 saturated heterocycles. The monoisotopic (exact) mass is 376 g/mol. The topological polar surface area (TPSA) is 88.2 Å². The van der Waals surface area contributed by atoms with E-state index in [0.717, 1.165) is 29.7 Å². The first kappa shape index (κ1) is 19.7. The Morgan fingerprint density at radius 1 is 1.50 bits per heavy atom. The lowest BCUT2D eigenvalue weighted by Gasteiger charge is -2.45. The zero-order valence-corrected chi connectivity index (χ0v) is 16.7. The highest BCUT2D eigenvalue weighted by molar-refractivity contribution is 6.02. The Morgan fingerprint density at radius 3 is 2.86 bits per heavy atom. The molecule has 1 aromatic heterocycles. The van der Waals surface area contributed by atoms with Gasteiger partial charge in [0.05, 0.1) is 18.4 Å². The molecule has 0 bridgehead atoms. The van der Waals surface area contributed by atoms with Crippen LogP contribution in [0.15, 0.2) is 35.0 Å². The summed E-state index contributed by atoms with van der Waals surface area (Å²) < 4.78 is 5.59. The minimum atomic E-state index is -0.532. The minimum absolute atomic E-state index is 0.0798. The van der Waals surface area contributed by atoms with Crippen molar-refractivity contribution >= 4 is 18.1 Å². The summed E-state index contributed by atoms with van der Waals surface area (Å²) in [4.78, 5) is 25.8. The fraction of sp³-hybridized carbons (Fsp3) is 0.409. The number of allylic oxidation sites excluding steroid dienone is 5. The molecule has 0 saturated carbocycles. The molecule has 0 N–H and O–H groups in total. The molecular weight excluding hydrogens is 352 g/mol.